The molecule has 0 aliphatic rings. The van der Waals surface area contributed by atoms with E-state index >= 15 is 0 Å². The molecule has 102 valence electrons. The van der Waals surface area contributed by atoms with Gasteiger partial charge >= 0.3 is 0 Å². The minimum Gasteiger partial charge on any atom is -0.368 e. The van der Waals surface area contributed by atoms with E-state index in [1.165, 1.54) is 0 Å². The molecule has 2 rings (SSSR count). The summed E-state index contributed by atoms with van der Waals surface area (Å²) in [6, 6.07) is 0.397. The maximum atomic E-state index is 5.50. The molecule has 9 heteroatoms. The van der Waals surface area contributed by atoms with Crippen molar-refractivity contribution in [1.82, 2.24) is 35.3 Å². The smallest absolute Gasteiger partial charge is 0.225 e. The highest BCUT2D eigenvalue weighted by Gasteiger charge is 2.06. The zero-order chi connectivity index (χ0) is 13.8. The Bertz CT molecular complexity index is 527. The van der Waals surface area contributed by atoms with Crippen LogP contribution in [0, 0.1) is 0 Å². The number of hydrogen-bond acceptors (Lipinski definition) is 8. The third-order valence-corrected chi connectivity index (χ3v) is 2.30. The van der Waals surface area contributed by atoms with Gasteiger partial charge in [-0.2, -0.15) is 15.0 Å². The lowest BCUT2D eigenvalue weighted by atomic mass is 10.3. The van der Waals surface area contributed by atoms with E-state index in [1.54, 1.807) is 4.68 Å². The predicted molar refractivity (Wildman–Crippen MR) is 69.8 cm³/mol. The van der Waals surface area contributed by atoms with E-state index in [9.17, 15) is 0 Å². The van der Waals surface area contributed by atoms with Gasteiger partial charge in [-0.1, -0.05) is 19.1 Å². The van der Waals surface area contributed by atoms with Gasteiger partial charge in [0.2, 0.25) is 11.9 Å². The summed E-state index contributed by atoms with van der Waals surface area (Å²) in [7, 11) is 0. The molecule has 2 aromatic heterocycles. The van der Waals surface area contributed by atoms with Crippen LogP contribution in [0.3, 0.4) is 0 Å². The molecule has 0 saturated carbocycles. The highest BCUT2D eigenvalue weighted by Crippen LogP contribution is 2.01. The molecule has 0 aliphatic carbocycles. The summed E-state index contributed by atoms with van der Waals surface area (Å²) in [6.07, 6.45) is 1.82. The number of nitrogens with two attached hydrogens (primary N) is 2. The van der Waals surface area contributed by atoms with E-state index < -0.39 is 0 Å². The lowest BCUT2D eigenvalue weighted by Gasteiger charge is -2.04. The van der Waals surface area contributed by atoms with Crippen LogP contribution in [-0.2, 0) is 13.1 Å². The monoisotopic (exact) mass is 263 g/mol. The zero-order valence-corrected chi connectivity index (χ0v) is 10.9. The van der Waals surface area contributed by atoms with Gasteiger partial charge < -0.3 is 16.8 Å². The minimum atomic E-state index is 0.101. The minimum absolute atomic E-state index is 0.101. The number of nitrogen functional groups attached to an aromatic ring is 2. The first-order valence-electron chi connectivity index (χ1n) is 5.91. The molecule has 0 amide bonds. The average Bonchev–Trinajstić information content (AvgIpc) is 2.72. The molecular formula is C10H17N9. The summed E-state index contributed by atoms with van der Waals surface area (Å²) in [4.78, 5) is 11.7. The summed E-state index contributed by atoms with van der Waals surface area (Å²) in [5.74, 6) is 0.659. The zero-order valence-electron chi connectivity index (χ0n) is 10.9. The normalized spacial score (nSPS) is 11.1. The average molecular weight is 263 g/mol. The summed E-state index contributed by atoms with van der Waals surface area (Å²) < 4.78 is 1.63. The maximum absolute atomic E-state index is 5.50. The van der Waals surface area contributed by atoms with Gasteiger partial charge in [-0.05, 0) is 0 Å². The van der Waals surface area contributed by atoms with E-state index in [0.29, 0.717) is 25.0 Å². The fraction of sp³-hybridized carbons (Fsp3) is 0.500. The molecule has 0 spiro atoms. The lowest BCUT2D eigenvalue weighted by molar-refractivity contribution is 0.580. The molecule has 2 aromatic rings. The summed E-state index contributed by atoms with van der Waals surface area (Å²) in [5, 5.41) is 11.3. The van der Waals surface area contributed by atoms with Crippen LogP contribution < -0.4 is 16.8 Å². The largest absolute Gasteiger partial charge is 0.368 e. The molecule has 0 unspecified atom stereocenters. The van der Waals surface area contributed by atoms with Crippen molar-refractivity contribution >= 4 is 11.9 Å². The van der Waals surface area contributed by atoms with Gasteiger partial charge in [-0.25, -0.2) is 4.68 Å². The summed E-state index contributed by atoms with van der Waals surface area (Å²) >= 11 is 0. The van der Waals surface area contributed by atoms with E-state index in [0.717, 1.165) is 5.69 Å². The second-order valence-corrected chi connectivity index (χ2v) is 4.41. The van der Waals surface area contributed by atoms with Crippen LogP contribution in [0.15, 0.2) is 6.20 Å². The van der Waals surface area contributed by atoms with Crippen molar-refractivity contribution in [1.29, 1.82) is 0 Å². The molecule has 0 atom stereocenters. The Labute approximate surface area is 110 Å². The fourth-order valence-electron chi connectivity index (χ4n) is 1.48. The summed E-state index contributed by atoms with van der Waals surface area (Å²) in [5.41, 5.74) is 11.9. The molecule has 19 heavy (non-hydrogen) atoms. The molecule has 0 saturated heterocycles. The van der Waals surface area contributed by atoms with Crippen molar-refractivity contribution < 1.29 is 0 Å². The van der Waals surface area contributed by atoms with E-state index in [-0.39, 0.29) is 11.9 Å². The van der Waals surface area contributed by atoms with E-state index in [1.807, 2.05) is 6.20 Å². The third-order valence-electron chi connectivity index (χ3n) is 2.30. The standard InChI is InChI=1S/C10H17N9/c1-6(2)13-3-7-4-19(18-17-7)5-8-14-9(11)16-10(12)15-8/h4,6,13H,3,5H2,1-2H3,(H4,11,12,14,15,16). The molecule has 5 N–H and O–H groups in total. The fourth-order valence-corrected chi connectivity index (χ4v) is 1.48. The van der Waals surface area contributed by atoms with Crippen molar-refractivity contribution in [3.8, 4) is 0 Å². The third kappa shape index (κ3) is 3.85. The van der Waals surface area contributed by atoms with Crippen molar-refractivity contribution in [2.45, 2.75) is 33.0 Å². The Balaban J connectivity index is 2.03. The van der Waals surface area contributed by atoms with Gasteiger partial charge in [0.15, 0.2) is 5.82 Å². The maximum Gasteiger partial charge on any atom is 0.225 e. The SMILES string of the molecule is CC(C)NCc1cn(Cc2nc(N)nc(N)n2)nn1. The van der Waals surface area contributed by atoms with Crippen molar-refractivity contribution in [3.05, 3.63) is 17.7 Å². The Morgan fingerprint density at radius 1 is 1.21 bits per heavy atom. The van der Waals surface area contributed by atoms with Crippen LogP contribution >= 0.6 is 0 Å². The number of nitrogens with zero attached hydrogens (tertiary/aromatic N) is 6. The van der Waals surface area contributed by atoms with Crippen molar-refractivity contribution in [2.75, 3.05) is 11.5 Å². The van der Waals surface area contributed by atoms with Gasteiger partial charge in [0.05, 0.1) is 11.9 Å². The highest BCUT2D eigenvalue weighted by atomic mass is 15.4. The lowest BCUT2D eigenvalue weighted by Crippen LogP contribution is -2.21. The highest BCUT2D eigenvalue weighted by molar-refractivity contribution is 5.25. The van der Waals surface area contributed by atoms with Gasteiger partial charge in [-0.3, -0.25) is 0 Å². The number of nitrogens with one attached hydrogen (secondary N) is 1. The van der Waals surface area contributed by atoms with Crippen LogP contribution in [0.2, 0.25) is 0 Å². The second kappa shape index (κ2) is 5.57. The number of aromatic nitrogens is 6. The molecule has 2 heterocycles. The molecule has 0 aromatic carbocycles. The van der Waals surface area contributed by atoms with Gasteiger partial charge in [0, 0.05) is 12.6 Å². The van der Waals surface area contributed by atoms with Gasteiger partial charge in [-0.15, -0.1) is 5.10 Å². The van der Waals surface area contributed by atoms with Crippen LogP contribution in [0.4, 0.5) is 11.9 Å². The number of hydrogen-bond donors (Lipinski definition) is 3. The Hall–Kier alpha value is -2.29. The quantitative estimate of drug-likeness (QED) is 0.636. The molecule has 0 bridgehead atoms. The topological polar surface area (TPSA) is 133 Å². The van der Waals surface area contributed by atoms with E-state index in [2.05, 4.69) is 44.4 Å². The summed E-state index contributed by atoms with van der Waals surface area (Å²) in [6.45, 7) is 5.16. The van der Waals surface area contributed by atoms with Crippen molar-refractivity contribution in [2.24, 2.45) is 0 Å². The first-order valence-corrected chi connectivity index (χ1v) is 5.91. The first-order chi connectivity index (χ1) is 9.02. The van der Waals surface area contributed by atoms with Crippen LogP contribution in [0.25, 0.3) is 0 Å². The van der Waals surface area contributed by atoms with Crippen LogP contribution in [-0.4, -0.2) is 36.0 Å². The predicted octanol–water partition coefficient (Wildman–Crippen LogP) is -0.826. The van der Waals surface area contributed by atoms with Crippen molar-refractivity contribution in [3.63, 3.8) is 0 Å². The molecule has 0 radical (unpaired) electrons. The number of rotatable bonds is 5. The Morgan fingerprint density at radius 2 is 1.89 bits per heavy atom. The van der Waals surface area contributed by atoms with Crippen LogP contribution in [0.5, 0.6) is 0 Å². The molecule has 0 fully saturated rings. The first kappa shape index (κ1) is 13.1. The second-order valence-electron chi connectivity index (χ2n) is 4.41. The molecule has 0 aliphatic heterocycles. The van der Waals surface area contributed by atoms with Crippen LogP contribution in [0.1, 0.15) is 25.4 Å². The van der Waals surface area contributed by atoms with Gasteiger partial charge in [0.25, 0.3) is 0 Å². The van der Waals surface area contributed by atoms with Gasteiger partial charge in [0.1, 0.15) is 6.54 Å². The van der Waals surface area contributed by atoms with E-state index in [4.69, 9.17) is 11.5 Å². The Morgan fingerprint density at radius 3 is 2.53 bits per heavy atom. The molecule has 9 nitrogen and oxygen atoms in total. The Kier molecular flexibility index (Phi) is 3.85. The molecular weight excluding hydrogens is 246 g/mol. The number of anilines is 2.